The van der Waals surface area contributed by atoms with E-state index in [1.807, 2.05) is 43.4 Å². The number of aliphatic carboxylic acids is 1. The van der Waals surface area contributed by atoms with Crippen LogP contribution in [0.15, 0.2) is 53.0 Å². The molecule has 0 radical (unpaired) electrons. The molecule has 0 saturated heterocycles. The number of carboxylic acids is 1. The number of rotatable bonds is 4. The minimum atomic E-state index is -0.956. The summed E-state index contributed by atoms with van der Waals surface area (Å²) in [6.45, 7) is 2.05. The lowest BCUT2D eigenvalue weighted by molar-refractivity contribution is -0.131. The van der Waals surface area contributed by atoms with Gasteiger partial charge in [0.2, 0.25) is 0 Å². The number of anilines is 2. The lowest BCUT2D eigenvalue weighted by Gasteiger charge is -2.23. The Morgan fingerprint density at radius 2 is 1.90 bits per heavy atom. The van der Waals surface area contributed by atoms with Crippen molar-refractivity contribution in [2.24, 2.45) is 0 Å². The van der Waals surface area contributed by atoms with Crippen molar-refractivity contribution >= 4 is 39.4 Å². The molecule has 0 aliphatic carbocycles. The highest BCUT2D eigenvalue weighted by Gasteiger charge is 2.10. The molecule has 1 N–H and O–H groups in total. The molecule has 0 fully saturated rings. The summed E-state index contributed by atoms with van der Waals surface area (Å²) in [4.78, 5) is 12.8. The molecule has 0 amide bonds. The van der Waals surface area contributed by atoms with E-state index < -0.39 is 5.97 Å². The van der Waals surface area contributed by atoms with Gasteiger partial charge >= 0.3 is 5.97 Å². The Morgan fingerprint density at radius 1 is 1.19 bits per heavy atom. The van der Waals surface area contributed by atoms with E-state index in [1.165, 1.54) is 0 Å². The second kappa shape index (κ2) is 6.59. The van der Waals surface area contributed by atoms with Crippen LogP contribution in [0.1, 0.15) is 11.1 Å². The van der Waals surface area contributed by atoms with Crippen LogP contribution in [0.3, 0.4) is 0 Å². The quantitative estimate of drug-likeness (QED) is 0.821. The highest BCUT2D eigenvalue weighted by atomic mass is 79.9. The van der Waals surface area contributed by atoms with Crippen LogP contribution >= 0.6 is 15.9 Å². The van der Waals surface area contributed by atoms with Crippen molar-refractivity contribution in [2.45, 2.75) is 6.92 Å². The number of benzene rings is 2. The van der Waals surface area contributed by atoms with Gasteiger partial charge in [-0.1, -0.05) is 40.2 Å². The molecule has 3 nitrogen and oxygen atoms in total. The summed E-state index contributed by atoms with van der Waals surface area (Å²) < 4.78 is 0.949. The molecule has 2 aromatic rings. The molecule has 0 bridgehead atoms. The van der Waals surface area contributed by atoms with Gasteiger partial charge in [-0.15, -0.1) is 0 Å². The highest BCUT2D eigenvalue weighted by Crippen LogP contribution is 2.32. The number of halogens is 1. The SMILES string of the molecule is Cc1ccccc1N(C)c1cc(Br)ccc1C=CC(=O)O. The molecule has 108 valence electrons. The monoisotopic (exact) mass is 345 g/mol. The number of hydrogen-bond acceptors (Lipinski definition) is 2. The first-order valence-corrected chi connectivity index (χ1v) is 7.28. The van der Waals surface area contributed by atoms with E-state index in [0.717, 1.165) is 33.1 Å². The average molecular weight is 346 g/mol. The van der Waals surface area contributed by atoms with Gasteiger partial charge < -0.3 is 10.0 Å². The molecule has 0 aliphatic heterocycles. The Morgan fingerprint density at radius 3 is 2.57 bits per heavy atom. The van der Waals surface area contributed by atoms with Crippen LogP contribution in [-0.2, 0) is 4.79 Å². The summed E-state index contributed by atoms with van der Waals surface area (Å²) in [7, 11) is 1.97. The predicted octanol–water partition coefficient (Wildman–Crippen LogP) is 4.62. The minimum absolute atomic E-state index is 0.853. The van der Waals surface area contributed by atoms with Crippen LogP contribution in [0.25, 0.3) is 6.08 Å². The summed E-state index contributed by atoms with van der Waals surface area (Å²) in [6, 6.07) is 13.9. The van der Waals surface area contributed by atoms with Crippen molar-refractivity contribution in [3.63, 3.8) is 0 Å². The second-order valence-corrected chi connectivity index (χ2v) is 5.64. The predicted molar refractivity (Wildman–Crippen MR) is 90.1 cm³/mol. The van der Waals surface area contributed by atoms with Crippen molar-refractivity contribution in [3.05, 3.63) is 64.1 Å². The maximum atomic E-state index is 10.7. The lowest BCUT2D eigenvalue weighted by Crippen LogP contribution is -2.12. The molecule has 0 saturated carbocycles. The number of carbonyl (C=O) groups is 1. The number of hydrogen-bond donors (Lipinski definition) is 1. The maximum Gasteiger partial charge on any atom is 0.328 e. The van der Waals surface area contributed by atoms with Crippen LogP contribution in [-0.4, -0.2) is 18.1 Å². The van der Waals surface area contributed by atoms with Gasteiger partial charge in [-0.3, -0.25) is 0 Å². The van der Waals surface area contributed by atoms with Crippen LogP contribution in [0.5, 0.6) is 0 Å². The van der Waals surface area contributed by atoms with Crippen molar-refractivity contribution < 1.29 is 9.90 Å². The summed E-state index contributed by atoms with van der Waals surface area (Å²) in [5.74, 6) is -0.956. The number of para-hydroxylation sites is 1. The Labute approximate surface area is 132 Å². The fraction of sp³-hybridized carbons (Fsp3) is 0.118. The normalized spacial score (nSPS) is 10.8. The molecule has 21 heavy (non-hydrogen) atoms. The van der Waals surface area contributed by atoms with Crippen LogP contribution in [0, 0.1) is 6.92 Å². The van der Waals surface area contributed by atoms with E-state index in [1.54, 1.807) is 6.08 Å². The Hall–Kier alpha value is -2.07. The van der Waals surface area contributed by atoms with Gasteiger partial charge in [-0.2, -0.15) is 0 Å². The van der Waals surface area contributed by atoms with Crippen LogP contribution < -0.4 is 4.90 Å². The summed E-state index contributed by atoms with van der Waals surface area (Å²) in [5, 5.41) is 8.81. The molecule has 0 unspecified atom stereocenters. The number of nitrogens with zero attached hydrogens (tertiary/aromatic N) is 1. The van der Waals surface area contributed by atoms with Gasteiger partial charge in [0.25, 0.3) is 0 Å². The molecule has 0 aliphatic rings. The fourth-order valence-electron chi connectivity index (χ4n) is 2.18. The van der Waals surface area contributed by atoms with Crippen molar-refractivity contribution in [1.29, 1.82) is 0 Å². The van der Waals surface area contributed by atoms with E-state index >= 15 is 0 Å². The van der Waals surface area contributed by atoms with E-state index in [2.05, 4.69) is 33.8 Å². The van der Waals surface area contributed by atoms with Gasteiger partial charge in [-0.05, 0) is 42.3 Å². The third-order valence-electron chi connectivity index (χ3n) is 3.24. The zero-order valence-electron chi connectivity index (χ0n) is 11.9. The van der Waals surface area contributed by atoms with E-state index in [9.17, 15) is 4.79 Å². The van der Waals surface area contributed by atoms with Crippen molar-refractivity contribution in [1.82, 2.24) is 0 Å². The first-order chi connectivity index (χ1) is 9.99. The molecular formula is C17H16BrNO2. The highest BCUT2D eigenvalue weighted by molar-refractivity contribution is 9.10. The standard InChI is InChI=1S/C17H16BrNO2/c1-12-5-3-4-6-15(12)19(2)16-11-14(18)9-7-13(16)8-10-17(20)21/h3-11H,1-2H3,(H,20,21). The van der Waals surface area contributed by atoms with Gasteiger partial charge in [0.05, 0.1) is 0 Å². The summed E-state index contributed by atoms with van der Waals surface area (Å²) in [5.41, 5.74) is 4.04. The third-order valence-corrected chi connectivity index (χ3v) is 3.73. The van der Waals surface area contributed by atoms with E-state index in [-0.39, 0.29) is 0 Å². The molecule has 0 spiro atoms. The zero-order chi connectivity index (χ0) is 15.4. The summed E-state index contributed by atoms with van der Waals surface area (Å²) >= 11 is 3.47. The van der Waals surface area contributed by atoms with E-state index in [4.69, 9.17) is 5.11 Å². The fourth-order valence-corrected chi connectivity index (χ4v) is 2.53. The van der Waals surface area contributed by atoms with Crippen LogP contribution in [0.2, 0.25) is 0 Å². The maximum absolute atomic E-state index is 10.7. The van der Waals surface area contributed by atoms with E-state index in [0.29, 0.717) is 0 Å². The Bertz CT molecular complexity index is 695. The van der Waals surface area contributed by atoms with Crippen molar-refractivity contribution in [3.8, 4) is 0 Å². The summed E-state index contributed by atoms with van der Waals surface area (Å²) in [6.07, 6.45) is 2.76. The Kier molecular flexibility index (Phi) is 4.81. The van der Waals surface area contributed by atoms with Gasteiger partial charge in [0, 0.05) is 29.0 Å². The molecule has 0 atom stereocenters. The molecule has 2 rings (SSSR count). The third kappa shape index (κ3) is 3.73. The van der Waals surface area contributed by atoms with Gasteiger partial charge in [0.15, 0.2) is 0 Å². The number of carboxylic acid groups (broad SMARTS) is 1. The molecular weight excluding hydrogens is 330 g/mol. The molecule has 0 heterocycles. The largest absolute Gasteiger partial charge is 0.478 e. The zero-order valence-corrected chi connectivity index (χ0v) is 13.5. The molecule has 2 aromatic carbocycles. The topological polar surface area (TPSA) is 40.5 Å². The first-order valence-electron chi connectivity index (χ1n) is 6.49. The second-order valence-electron chi connectivity index (χ2n) is 4.72. The molecule has 0 aromatic heterocycles. The first kappa shape index (κ1) is 15.3. The smallest absolute Gasteiger partial charge is 0.328 e. The van der Waals surface area contributed by atoms with Crippen LogP contribution in [0.4, 0.5) is 11.4 Å². The van der Waals surface area contributed by atoms with Crippen molar-refractivity contribution in [2.75, 3.05) is 11.9 Å². The molecule has 4 heteroatoms. The number of aryl methyl sites for hydroxylation is 1. The Balaban J connectivity index is 2.49. The minimum Gasteiger partial charge on any atom is -0.478 e. The average Bonchev–Trinajstić information content (AvgIpc) is 2.45. The van der Waals surface area contributed by atoms with Gasteiger partial charge in [-0.25, -0.2) is 4.79 Å². The van der Waals surface area contributed by atoms with Gasteiger partial charge in [0.1, 0.15) is 0 Å². The lowest BCUT2D eigenvalue weighted by atomic mass is 10.1.